The van der Waals surface area contributed by atoms with Gasteiger partial charge in [-0.1, -0.05) is 36.5 Å². The van der Waals surface area contributed by atoms with Crippen LogP contribution in [-0.2, 0) is 4.74 Å². The SMILES string of the molecule is C=C/C(C)=C\C=C/COC(F)(F)F. The van der Waals surface area contributed by atoms with E-state index in [9.17, 15) is 13.2 Å². The van der Waals surface area contributed by atoms with Gasteiger partial charge in [-0.2, -0.15) is 0 Å². The van der Waals surface area contributed by atoms with Crippen molar-refractivity contribution in [2.24, 2.45) is 0 Å². The Labute approximate surface area is 75.2 Å². The fraction of sp³-hybridized carbons (Fsp3) is 0.333. The molecule has 0 aromatic rings. The lowest BCUT2D eigenvalue weighted by atomic mass is 10.3. The number of ether oxygens (including phenoxy) is 1. The molecule has 74 valence electrons. The van der Waals surface area contributed by atoms with E-state index in [1.165, 1.54) is 12.2 Å². The molecule has 0 heterocycles. The van der Waals surface area contributed by atoms with Crippen LogP contribution in [0.4, 0.5) is 13.2 Å². The lowest BCUT2D eigenvalue weighted by Gasteiger charge is -2.02. The molecule has 0 N–H and O–H groups in total. The smallest absolute Gasteiger partial charge is 0.288 e. The molecule has 0 radical (unpaired) electrons. The van der Waals surface area contributed by atoms with Crippen LogP contribution in [0.25, 0.3) is 0 Å². The van der Waals surface area contributed by atoms with Gasteiger partial charge in [-0.15, -0.1) is 13.2 Å². The summed E-state index contributed by atoms with van der Waals surface area (Å²) in [6.45, 7) is 4.81. The summed E-state index contributed by atoms with van der Waals surface area (Å²) in [5.41, 5.74) is 0.878. The first-order valence-corrected chi connectivity index (χ1v) is 3.62. The van der Waals surface area contributed by atoms with Crippen molar-refractivity contribution >= 4 is 0 Å². The summed E-state index contributed by atoms with van der Waals surface area (Å²) < 4.78 is 37.8. The maximum atomic E-state index is 11.4. The van der Waals surface area contributed by atoms with Gasteiger partial charge in [0.1, 0.15) is 0 Å². The molecule has 0 saturated heterocycles. The minimum atomic E-state index is -4.55. The van der Waals surface area contributed by atoms with E-state index in [1.807, 2.05) is 0 Å². The van der Waals surface area contributed by atoms with E-state index in [1.54, 1.807) is 19.1 Å². The van der Waals surface area contributed by atoms with Crippen molar-refractivity contribution in [3.63, 3.8) is 0 Å². The highest BCUT2D eigenvalue weighted by Crippen LogP contribution is 2.15. The monoisotopic (exact) mass is 192 g/mol. The summed E-state index contributed by atoms with van der Waals surface area (Å²) in [4.78, 5) is 0. The van der Waals surface area contributed by atoms with E-state index in [0.29, 0.717) is 0 Å². The molecule has 0 rings (SSSR count). The van der Waals surface area contributed by atoms with Gasteiger partial charge in [0.25, 0.3) is 0 Å². The van der Waals surface area contributed by atoms with Gasteiger partial charge in [0, 0.05) is 0 Å². The van der Waals surface area contributed by atoms with Gasteiger partial charge in [0.05, 0.1) is 6.61 Å². The molecule has 0 amide bonds. The van der Waals surface area contributed by atoms with Crippen LogP contribution in [0.1, 0.15) is 6.92 Å². The van der Waals surface area contributed by atoms with E-state index >= 15 is 0 Å². The molecule has 0 saturated carbocycles. The number of hydrogen-bond acceptors (Lipinski definition) is 1. The molecule has 13 heavy (non-hydrogen) atoms. The second-order valence-corrected chi connectivity index (χ2v) is 2.30. The number of rotatable bonds is 4. The molecule has 0 bridgehead atoms. The average molecular weight is 192 g/mol. The van der Waals surface area contributed by atoms with Gasteiger partial charge < -0.3 is 0 Å². The maximum absolute atomic E-state index is 11.4. The summed E-state index contributed by atoms with van der Waals surface area (Å²) in [5.74, 6) is 0. The van der Waals surface area contributed by atoms with Crippen LogP contribution >= 0.6 is 0 Å². The van der Waals surface area contributed by atoms with Gasteiger partial charge in [0.15, 0.2) is 0 Å². The Kier molecular flexibility index (Phi) is 5.14. The van der Waals surface area contributed by atoms with Crippen LogP contribution in [0, 0.1) is 0 Å². The zero-order chi connectivity index (χ0) is 10.3. The summed E-state index contributed by atoms with van der Waals surface area (Å²) in [7, 11) is 0. The molecule has 0 aromatic carbocycles. The molecule has 0 aromatic heterocycles. The number of alkyl halides is 3. The fourth-order valence-corrected chi connectivity index (χ4v) is 0.486. The first kappa shape index (κ1) is 12.0. The standard InChI is InChI=1S/C9H11F3O/c1-3-8(2)6-4-5-7-13-9(10,11)12/h3-6H,1,7H2,2H3/b5-4-,8-6-. The largest absolute Gasteiger partial charge is 0.522 e. The Morgan fingerprint density at radius 1 is 1.46 bits per heavy atom. The quantitative estimate of drug-likeness (QED) is 0.621. The maximum Gasteiger partial charge on any atom is 0.522 e. The highest BCUT2D eigenvalue weighted by molar-refractivity contribution is 5.19. The van der Waals surface area contributed by atoms with Crippen LogP contribution < -0.4 is 0 Å². The van der Waals surface area contributed by atoms with Crippen molar-refractivity contribution in [2.75, 3.05) is 6.61 Å². The molecule has 0 spiro atoms. The van der Waals surface area contributed by atoms with Crippen LogP contribution in [0.15, 0.2) is 36.5 Å². The number of halogens is 3. The first-order chi connectivity index (χ1) is 5.95. The van der Waals surface area contributed by atoms with Gasteiger partial charge in [0.2, 0.25) is 0 Å². The van der Waals surface area contributed by atoms with Crippen LogP contribution in [0.2, 0.25) is 0 Å². The predicted octanol–water partition coefficient (Wildman–Crippen LogP) is 3.21. The Bertz CT molecular complexity index is 213. The molecule has 0 atom stereocenters. The van der Waals surface area contributed by atoms with Crippen LogP contribution in [0.3, 0.4) is 0 Å². The third-order valence-corrected chi connectivity index (χ3v) is 1.16. The second-order valence-electron chi connectivity index (χ2n) is 2.30. The van der Waals surface area contributed by atoms with Crippen molar-refractivity contribution < 1.29 is 17.9 Å². The summed E-state index contributed by atoms with van der Waals surface area (Å²) in [6, 6.07) is 0. The third kappa shape index (κ3) is 8.88. The van der Waals surface area contributed by atoms with Gasteiger partial charge in [-0.05, 0) is 6.92 Å². The Hall–Kier alpha value is -1.03. The fourth-order valence-electron chi connectivity index (χ4n) is 0.486. The lowest BCUT2D eigenvalue weighted by Crippen LogP contribution is -2.12. The van der Waals surface area contributed by atoms with Gasteiger partial charge >= 0.3 is 6.36 Å². The van der Waals surface area contributed by atoms with Crippen molar-refractivity contribution in [3.8, 4) is 0 Å². The topological polar surface area (TPSA) is 9.23 Å². The molecular weight excluding hydrogens is 181 g/mol. The van der Waals surface area contributed by atoms with Crippen molar-refractivity contribution in [1.29, 1.82) is 0 Å². The molecule has 0 aliphatic rings. The van der Waals surface area contributed by atoms with Gasteiger partial charge in [-0.25, -0.2) is 0 Å². The zero-order valence-corrected chi connectivity index (χ0v) is 7.27. The minimum Gasteiger partial charge on any atom is -0.288 e. The first-order valence-electron chi connectivity index (χ1n) is 3.62. The second kappa shape index (κ2) is 5.59. The lowest BCUT2D eigenvalue weighted by molar-refractivity contribution is -0.319. The van der Waals surface area contributed by atoms with E-state index in [2.05, 4.69) is 11.3 Å². The molecular formula is C9H11F3O. The van der Waals surface area contributed by atoms with Crippen LogP contribution in [0.5, 0.6) is 0 Å². The minimum absolute atomic E-state index is 0.468. The molecule has 0 aliphatic carbocycles. The predicted molar refractivity (Wildman–Crippen MR) is 45.1 cm³/mol. The number of allylic oxidation sites excluding steroid dienone is 4. The van der Waals surface area contributed by atoms with Crippen molar-refractivity contribution in [3.05, 3.63) is 36.5 Å². The Morgan fingerprint density at radius 3 is 2.54 bits per heavy atom. The van der Waals surface area contributed by atoms with Crippen LogP contribution in [-0.4, -0.2) is 13.0 Å². The van der Waals surface area contributed by atoms with Gasteiger partial charge in [-0.3, -0.25) is 4.74 Å². The molecule has 1 nitrogen and oxygen atoms in total. The van der Waals surface area contributed by atoms with E-state index in [-0.39, 0.29) is 0 Å². The van der Waals surface area contributed by atoms with Crippen molar-refractivity contribution in [1.82, 2.24) is 0 Å². The van der Waals surface area contributed by atoms with E-state index in [4.69, 9.17) is 0 Å². The average Bonchev–Trinajstić information content (AvgIpc) is 2.01. The highest BCUT2D eigenvalue weighted by atomic mass is 19.4. The zero-order valence-electron chi connectivity index (χ0n) is 7.27. The van der Waals surface area contributed by atoms with Crippen molar-refractivity contribution in [2.45, 2.75) is 13.3 Å². The normalized spacial score (nSPS) is 13.7. The molecule has 4 heteroatoms. The Morgan fingerprint density at radius 2 is 2.08 bits per heavy atom. The summed E-state index contributed by atoms with van der Waals surface area (Å²) in [5, 5.41) is 0. The number of hydrogen-bond donors (Lipinski definition) is 0. The molecule has 0 aliphatic heterocycles. The van der Waals surface area contributed by atoms with E-state index in [0.717, 1.165) is 5.57 Å². The third-order valence-electron chi connectivity index (χ3n) is 1.16. The molecule has 0 fully saturated rings. The van der Waals surface area contributed by atoms with E-state index < -0.39 is 13.0 Å². The summed E-state index contributed by atoms with van der Waals surface area (Å²) >= 11 is 0. The highest BCUT2D eigenvalue weighted by Gasteiger charge is 2.27. The summed E-state index contributed by atoms with van der Waals surface area (Å²) in [6.07, 6.45) is 1.46. The molecule has 0 unspecified atom stereocenters. The Balaban J connectivity index is 3.71.